The number of hydrogen-bond donors (Lipinski definition) is 8. The Hall–Kier alpha value is -3.55. The zero-order valence-corrected chi connectivity index (χ0v) is 17.5. The lowest BCUT2D eigenvalue weighted by atomic mass is 10.3. The van der Waals surface area contributed by atoms with E-state index < -0.39 is 18.3 Å². The summed E-state index contributed by atoms with van der Waals surface area (Å²) in [5.74, 6) is -0.861. The highest BCUT2D eigenvalue weighted by Crippen LogP contribution is 2.23. The smallest absolute Gasteiger partial charge is 0.267 e. The molecule has 13 nitrogen and oxygen atoms in total. The fourth-order valence-electron chi connectivity index (χ4n) is 2.83. The number of amides is 2. The van der Waals surface area contributed by atoms with Gasteiger partial charge in [0.05, 0.1) is 23.2 Å². The van der Waals surface area contributed by atoms with Crippen molar-refractivity contribution in [2.45, 2.75) is 18.8 Å². The second-order valence-corrected chi connectivity index (χ2v) is 7.03. The predicted octanol–water partition coefficient (Wildman–Crippen LogP) is -1.96. The zero-order chi connectivity index (χ0) is 23.1. The fourth-order valence-corrected chi connectivity index (χ4v) is 2.83. The molecule has 2 rings (SSSR count). The van der Waals surface area contributed by atoms with Gasteiger partial charge in [0.15, 0.2) is 12.2 Å². The molecule has 0 radical (unpaired) electrons. The molecule has 31 heavy (non-hydrogen) atoms. The van der Waals surface area contributed by atoms with Crippen molar-refractivity contribution < 1.29 is 14.7 Å². The molecule has 0 spiro atoms. The highest BCUT2D eigenvalue weighted by molar-refractivity contribution is 5.94. The van der Waals surface area contributed by atoms with E-state index >= 15 is 0 Å². The van der Waals surface area contributed by atoms with Crippen LogP contribution in [0, 0.1) is 0 Å². The van der Waals surface area contributed by atoms with Crippen LogP contribution < -0.4 is 38.9 Å². The summed E-state index contributed by atoms with van der Waals surface area (Å²) in [6.45, 7) is 0.146. The number of aliphatic hydroxyl groups excluding tert-OH is 1. The van der Waals surface area contributed by atoms with Crippen molar-refractivity contribution in [3.8, 4) is 0 Å². The Kier molecular flexibility index (Phi) is 8.01. The van der Waals surface area contributed by atoms with Crippen molar-refractivity contribution in [2.24, 2.45) is 42.0 Å². The Morgan fingerprint density at radius 2 is 1.81 bits per heavy atom. The molecule has 0 saturated carbocycles. The van der Waals surface area contributed by atoms with Gasteiger partial charge < -0.3 is 53.1 Å². The average molecular weight is 435 g/mol. The van der Waals surface area contributed by atoms with E-state index in [1.807, 2.05) is 0 Å². The van der Waals surface area contributed by atoms with Gasteiger partial charge in [-0.2, -0.15) is 0 Å². The number of nitrogens with two attached hydrogens (primary N) is 4. The molecule has 0 aliphatic rings. The highest BCUT2D eigenvalue weighted by Gasteiger charge is 2.17. The molecule has 2 amide bonds. The lowest BCUT2D eigenvalue weighted by Crippen LogP contribution is -2.36. The van der Waals surface area contributed by atoms with Gasteiger partial charge in [-0.25, -0.2) is 4.99 Å². The number of guanidine groups is 1. The van der Waals surface area contributed by atoms with Crippen molar-refractivity contribution in [1.29, 1.82) is 0 Å². The van der Waals surface area contributed by atoms with Crippen molar-refractivity contribution in [1.82, 2.24) is 14.5 Å². The summed E-state index contributed by atoms with van der Waals surface area (Å²) in [6, 6.07) is 3.22. The van der Waals surface area contributed by atoms with Gasteiger partial charge in [-0.05, 0) is 18.6 Å². The van der Waals surface area contributed by atoms with E-state index in [9.17, 15) is 14.7 Å². The van der Waals surface area contributed by atoms with Crippen LogP contribution in [0.4, 0.5) is 11.4 Å². The summed E-state index contributed by atoms with van der Waals surface area (Å²) in [4.78, 5) is 27.8. The number of carbonyl (C=O) groups is 2. The summed E-state index contributed by atoms with van der Waals surface area (Å²) >= 11 is 0. The quantitative estimate of drug-likeness (QED) is 0.119. The fraction of sp³-hybridized carbons (Fsp3) is 0.389. The Morgan fingerprint density at radius 1 is 1.13 bits per heavy atom. The lowest BCUT2D eigenvalue weighted by Gasteiger charge is -2.13. The molecule has 13 heteroatoms. The molecule has 0 fully saturated rings. The number of aliphatic imine (C=N–C) groups is 1. The first-order valence-electron chi connectivity index (χ1n) is 9.48. The minimum absolute atomic E-state index is 0.178. The second kappa shape index (κ2) is 10.5. The topological polar surface area (TPSA) is 217 Å². The van der Waals surface area contributed by atoms with E-state index in [-0.39, 0.29) is 18.4 Å². The number of rotatable bonds is 10. The third-order valence-corrected chi connectivity index (χ3v) is 4.32. The molecule has 0 aromatic carbocycles. The third kappa shape index (κ3) is 7.02. The molecule has 0 saturated heterocycles. The van der Waals surface area contributed by atoms with Gasteiger partial charge in [-0.15, -0.1) is 0 Å². The van der Waals surface area contributed by atoms with Gasteiger partial charge in [0, 0.05) is 33.0 Å². The van der Waals surface area contributed by atoms with E-state index in [2.05, 4.69) is 20.9 Å². The molecule has 12 N–H and O–H groups in total. The number of aryl methyl sites for hydroxylation is 2. The maximum atomic E-state index is 12.3. The Bertz CT molecular complexity index is 943. The van der Waals surface area contributed by atoms with Crippen LogP contribution in [0.1, 0.15) is 28.8 Å². The molecule has 0 unspecified atom stereocenters. The number of nitrogens with zero attached hydrogens (tertiary/aromatic N) is 3. The first-order valence-corrected chi connectivity index (χ1v) is 9.48. The largest absolute Gasteiger partial charge is 0.370 e. The first kappa shape index (κ1) is 23.7. The van der Waals surface area contributed by atoms with Crippen molar-refractivity contribution in [3.63, 3.8) is 0 Å². The normalized spacial score (nSPS) is 11.8. The Labute approximate surface area is 179 Å². The molecule has 0 aliphatic heterocycles. The van der Waals surface area contributed by atoms with E-state index in [1.54, 1.807) is 47.8 Å². The van der Waals surface area contributed by atoms with Gasteiger partial charge in [-0.3, -0.25) is 9.59 Å². The van der Waals surface area contributed by atoms with Crippen LogP contribution in [0.2, 0.25) is 0 Å². The molecule has 170 valence electrons. The van der Waals surface area contributed by atoms with Crippen molar-refractivity contribution in [3.05, 3.63) is 35.9 Å². The maximum Gasteiger partial charge on any atom is 0.267 e. The highest BCUT2D eigenvalue weighted by atomic mass is 16.3. The van der Waals surface area contributed by atoms with Gasteiger partial charge in [-0.1, -0.05) is 0 Å². The van der Waals surface area contributed by atoms with Crippen LogP contribution in [-0.4, -0.2) is 51.3 Å². The van der Waals surface area contributed by atoms with Gasteiger partial charge >= 0.3 is 0 Å². The van der Waals surface area contributed by atoms with E-state index in [1.165, 1.54) is 0 Å². The molecular weight excluding hydrogens is 404 g/mol. The molecule has 0 aliphatic carbocycles. The molecule has 2 aromatic rings. The summed E-state index contributed by atoms with van der Waals surface area (Å²) in [5, 5.41) is 18.9. The van der Waals surface area contributed by atoms with Crippen molar-refractivity contribution in [2.75, 3.05) is 23.7 Å². The number of aliphatic hydroxyl groups is 1. The van der Waals surface area contributed by atoms with E-state index in [4.69, 9.17) is 22.9 Å². The zero-order valence-electron chi connectivity index (χ0n) is 17.5. The van der Waals surface area contributed by atoms with Gasteiger partial charge in [0.1, 0.15) is 12.2 Å². The molecular formula is C18H30N10O3. The van der Waals surface area contributed by atoms with Crippen LogP contribution >= 0.6 is 0 Å². The molecule has 2 heterocycles. The standard InChI is InChI=1S/C18H30N10O3/c1-27-9-11(6-12(27)16(30)23-4-3-14(19)20)26-17(31)13-5-10(8-28(13)2)25-15(29)7-24-18(21)22/h5-6,8-9,14,17,26,31H,3-4,7,19-20H2,1-2H3,(H,23,30)(H,25,29)(H4,21,22,24)/t17-/m0/s1. The van der Waals surface area contributed by atoms with Gasteiger partial charge in [0.25, 0.3) is 5.91 Å². The lowest BCUT2D eigenvalue weighted by molar-refractivity contribution is -0.114. The first-order chi connectivity index (χ1) is 14.6. The van der Waals surface area contributed by atoms with Crippen LogP contribution in [0.3, 0.4) is 0 Å². The number of anilines is 2. The van der Waals surface area contributed by atoms with Gasteiger partial charge in [0.2, 0.25) is 5.91 Å². The monoisotopic (exact) mass is 434 g/mol. The maximum absolute atomic E-state index is 12.3. The molecule has 1 atom stereocenters. The number of hydrogen-bond acceptors (Lipinski definition) is 7. The van der Waals surface area contributed by atoms with Crippen LogP contribution in [-0.2, 0) is 18.9 Å². The van der Waals surface area contributed by atoms with Crippen molar-refractivity contribution >= 4 is 29.1 Å². The van der Waals surface area contributed by atoms with Crippen LogP contribution in [0.5, 0.6) is 0 Å². The average Bonchev–Trinajstić information content (AvgIpc) is 3.21. The molecule has 2 aromatic heterocycles. The molecule has 0 bridgehead atoms. The number of carbonyl (C=O) groups excluding carboxylic acids is 2. The predicted molar refractivity (Wildman–Crippen MR) is 118 cm³/mol. The number of aromatic nitrogens is 2. The third-order valence-electron chi connectivity index (χ3n) is 4.32. The number of nitrogens with one attached hydrogen (secondary N) is 3. The summed E-state index contributed by atoms with van der Waals surface area (Å²) in [7, 11) is 3.44. The SMILES string of the molecule is Cn1cc(N[C@@H](O)c2cc(NC(=O)CN=C(N)N)cn2C)cc1C(=O)NCCC(N)N. The summed E-state index contributed by atoms with van der Waals surface area (Å²) in [5.41, 5.74) is 23.3. The Balaban J connectivity index is 2.01. The van der Waals surface area contributed by atoms with Crippen LogP contribution in [0.15, 0.2) is 29.5 Å². The minimum atomic E-state index is -1.10. The van der Waals surface area contributed by atoms with Crippen LogP contribution in [0.25, 0.3) is 0 Å². The summed E-state index contributed by atoms with van der Waals surface area (Å²) in [6.07, 6.45) is 2.18. The van der Waals surface area contributed by atoms with E-state index in [0.717, 1.165) is 0 Å². The second-order valence-electron chi connectivity index (χ2n) is 7.03. The minimum Gasteiger partial charge on any atom is -0.370 e. The summed E-state index contributed by atoms with van der Waals surface area (Å²) < 4.78 is 3.29. The van der Waals surface area contributed by atoms with E-state index in [0.29, 0.717) is 35.7 Å². The Morgan fingerprint density at radius 3 is 2.45 bits per heavy atom.